The maximum Gasteiger partial charge on any atom is 0.369 e. The van der Waals surface area contributed by atoms with Gasteiger partial charge in [0.2, 0.25) is 5.91 Å². The minimum atomic E-state index is -3.42. The number of nitrogens with one attached hydrogen (secondary N) is 3. The lowest BCUT2D eigenvalue weighted by Crippen LogP contribution is -2.48. The van der Waals surface area contributed by atoms with Crippen LogP contribution in [0.1, 0.15) is 30.1 Å². The third kappa shape index (κ3) is 4.87. The fraction of sp³-hybridized carbons (Fsp3) is 0.333. The second-order valence-electron chi connectivity index (χ2n) is 7.64. The quantitative estimate of drug-likeness (QED) is 0.269. The molecule has 1 aliphatic carbocycles. The Labute approximate surface area is 188 Å². The number of methoxy groups -OCH3 is 1. The molecule has 2 heterocycles. The Kier molecular flexibility index (Phi) is 5.89. The Morgan fingerprint density at radius 3 is 2.61 bits per heavy atom. The second kappa shape index (κ2) is 8.65. The molecular formula is C21H24N6O6. The molecule has 0 aliphatic heterocycles. The minimum absolute atomic E-state index is 0.0539. The molecule has 0 saturated heterocycles. The van der Waals surface area contributed by atoms with E-state index in [1.54, 1.807) is 22.3 Å². The first-order valence-electron chi connectivity index (χ1n) is 10.3. The van der Waals surface area contributed by atoms with E-state index in [2.05, 4.69) is 20.7 Å². The van der Waals surface area contributed by atoms with Gasteiger partial charge in [-0.1, -0.05) is 0 Å². The summed E-state index contributed by atoms with van der Waals surface area (Å²) in [6.07, 6.45) is 1.06. The minimum Gasteiger partial charge on any atom is -0.492 e. The van der Waals surface area contributed by atoms with Gasteiger partial charge in [0, 0.05) is 30.1 Å². The molecule has 174 valence electrons. The molecule has 0 bridgehead atoms. The number of hydrogen-bond acceptors (Lipinski definition) is 9. The number of nitrogens with zero attached hydrogens (tertiary/aromatic N) is 3. The number of aromatic nitrogens is 3. The Bertz CT molecular complexity index is 1210. The van der Waals surface area contributed by atoms with E-state index in [1.807, 2.05) is 13.0 Å². The molecule has 1 aromatic carbocycles. The molecule has 0 unspecified atom stereocenters. The molecule has 3 aromatic rings. The number of carbonyl (C=O) groups excluding carboxylic acids is 2. The van der Waals surface area contributed by atoms with Gasteiger partial charge in [0.1, 0.15) is 11.3 Å². The normalized spacial score (nSPS) is 13.6. The summed E-state index contributed by atoms with van der Waals surface area (Å²) in [6, 6.07) is 5.00. The molecule has 6 N–H and O–H groups in total. The molecule has 2 aromatic heterocycles. The maximum absolute atomic E-state index is 12.5. The van der Waals surface area contributed by atoms with E-state index in [9.17, 15) is 9.59 Å². The molecule has 4 rings (SSSR count). The SMILES string of the molecule is CCn1ncc2ccc(Nc3cc(NC(=O)C4CC4)ncc3C(=O)NC(O)(O)O)c(OC)c21. The van der Waals surface area contributed by atoms with Crippen molar-refractivity contribution in [3.63, 3.8) is 0 Å². The average molecular weight is 456 g/mol. The zero-order chi connectivity index (χ0) is 23.8. The van der Waals surface area contributed by atoms with Crippen LogP contribution in [0.3, 0.4) is 0 Å². The Balaban J connectivity index is 1.75. The smallest absolute Gasteiger partial charge is 0.369 e. The van der Waals surface area contributed by atoms with Gasteiger partial charge in [-0.05, 0) is 31.9 Å². The van der Waals surface area contributed by atoms with E-state index in [-0.39, 0.29) is 28.9 Å². The largest absolute Gasteiger partial charge is 0.492 e. The van der Waals surface area contributed by atoms with Crippen molar-refractivity contribution in [2.45, 2.75) is 32.4 Å². The van der Waals surface area contributed by atoms with E-state index < -0.39 is 12.0 Å². The van der Waals surface area contributed by atoms with E-state index in [0.717, 1.165) is 29.9 Å². The lowest BCUT2D eigenvalue weighted by Gasteiger charge is -2.19. The Morgan fingerprint density at radius 2 is 1.97 bits per heavy atom. The number of rotatable bonds is 8. The summed E-state index contributed by atoms with van der Waals surface area (Å²) >= 11 is 0. The number of pyridine rings is 1. The number of benzene rings is 1. The van der Waals surface area contributed by atoms with Gasteiger partial charge in [0.25, 0.3) is 5.91 Å². The summed E-state index contributed by atoms with van der Waals surface area (Å²) in [5.74, 6) is -0.568. The highest BCUT2D eigenvalue weighted by Crippen LogP contribution is 2.37. The van der Waals surface area contributed by atoms with Crippen molar-refractivity contribution < 1.29 is 29.6 Å². The number of amides is 2. The molecule has 1 aliphatic rings. The average Bonchev–Trinajstić information content (AvgIpc) is 3.52. The van der Waals surface area contributed by atoms with Crippen LogP contribution in [-0.2, 0) is 11.3 Å². The third-order valence-corrected chi connectivity index (χ3v) is 5.16. The Morgan fingerprint density at radius 1 is 1.21 bits per heavy atom. The van der Waals surface area contributed by atoms with Crippen molar-refractivity contribution in [2.24, 2.45) is 5.92 Å². The van der Waals surface area contributed by atoms with Crippen LogP contribution in [0.5, 0.6) is 5.75 Å². The van der Waals surface area contributed by atoms with Crippen LogP contribution < -0.4 is 20.7 Å². The standard InChI is InChI=1S/C21H24N6O6/c1-3-27-17-12(9-23-27)6-7-14(18(17)33-2)24-15-8-16(25-19(28)11-4-5-11)22-10-13(15)20(29)26-21(30,31)32/h6-11,30-32H,3-5H2,1-2H3,(H,26,29)(H2,22,24,25,28). The van der Waals surface area contributed by atoms with Crippen molar-refractivity contribution in [1.29, 1.82) is 0 Å². The number of aryl methyl sites for hydroxylation is 1. The number of carbonyl (C=O) groups is 2. The number of aliphatic hydroxyl groups is 3. The summed E-state index contributed by atoms with van der Waals surface area (Å²) in [6.45, 7) is 2.55. The van der Waals surface area contributed by atoms with Crippen molar-refractivity contribution in [2.75, 3.05) is 17.7 Å². The molecule has 12 heteroatoms. The first-order chi connectivity index (χ1) is 15.7. The van der Waals surface area contributed by atoms with Gasteiger partial charge in [-0.15, -0.1) is 0 Å². The molecule has 0 radical (unpaired) electrons. The molecule has 12 nitrogen and oxygen atoms in total. The Hall–Kier alpha value is -3.74. The van der Waals surface area contributed by atoms with Crippen LogP contribution >= 0.6 is 0 Å². The number of hydrogen-bond donors (Lipinski definition) is 6. The summed E-state index contributed by atoms with van der Waals surface area (Å²) in [5, 5.41) is 40.1. The van der Waals surface area contributed by atoms with E-state index in [4.69, 9.17) is 20.1 Å². The van der Waals surface area contributed by atoms with Crippen LogP contribution in [0.15, 0.2) is 30.6 Å². The zero-order valence-corrected chi connectivity index (χ0v) is 18.0. The maximum atomic E-state index is 12.5. The predicted octanol–water partition coefficient (Wildman–Crippen LogP) is 0.870. The van der Waals surface area contributed by atoms with E-state index in [0.29, 0.717) is 18.0 Å². The van der Waals surface area contributed by atoms with Crippen LogP contribution in [0.4, 0.5) is 17.2 Å². The topological polar surface area (TPSA) is 171 Å². The van der Waals surface area contributed by atoms with Gasteiger partial charge >= 0.3 is 6.10 Å². The third-order valence-electron chi connectivity index (χ3n) is 5.16. The van der Waals surface area contributed by atoms with Crippen molar-refractivity contribution in [3.05, 3.63) is 36.2 Å². The summed E-state index contributed by atoms with van der Waals surface area (Å²) in [5.41, 5.74) is 1.29. The molecule has 0 spiro atoms. The lowest BCUT2D eigenvalue weighted by atomic mass is 10.1. The zero-order valence-electron chi connectivity index (χ0n) is 18.0. The van der Waals surface area contributed by atoms with Crippen molar-refractivity contribution >= 4 is 39.9 Å². The highest BCUT2D eigenvalue weighted by atomic mass is 16.7. The highest BCUT2D eigenvalue weighted by molar-refractivity contribution is 6.02. The van der Waals surface area contributed by atoms with Crippen molar-refractivity contribution in [3.8, 4) is 5.75 Å². The van der Waals surface area contributed by atoms with Crippen LogP contribution in [-0.4, -0.2) is 55.1 Å². The molecule has 1 saturated carbocycles. The first kappa shape index (κ1) is 22.5. The summed E-state index contributed by atoms with van der Waals surface area (Å²) in [4.78, 5) is 28.8. The van der Waals surface area contributed by atoms with Gasteiger partial charge in [0.15, 0.2) is 5.75 Å². The van der Waals surface area contributed by atoms with Gasteiger partial charge in [-0.3, -0.25) is 19.6 Å². The fourth-order valence-corrected chi connectivity index (χ4v) is 3.44. The first-order valence-corrected chi connectivity index (χ1v) is 10.3. The second-order valence-corrected chi connectivity index (χ2v) is 7.64. The number of ether oxygens (including phenoxy) is 1. The lowest BCUT2D eigenvalue weighted by molar-refractivity contribution is -0.323. The highest BCUT2D eigenvalue weighted by Gasteiger charge is 2.30. The van der Waals surface area contributed by atoms with E-state index >= 15 is 0 Å². The molecular weight excluding hydrogens is 432 g/mol. The molecule has 0 atom stereocenters. The van der Waals surface area contributed by atoms with Gasteiger partial charge in [-0.25, -0.2) is 4.98 Å². The fourth-order valence-electron chi connectivity index (χ4n) is 3.44. The molecule has 2 amide bonds. The van der Waals surface area contributed by atoms with E-state index in [1.165, 1.54) is 13.2 Å². The summed E-state index contributed by atoms with van der Waals surface area (Å²) in [7, 11) is 1.51. The van der Waals surface area contributed by atoms with Gasteiger partial charge in [0.05, 0.1) is 30.2 Å². The van der Waals surface area contributed by atoms with Crippen molar-refractivity contribution in [1.82, 2.24) is 20.1 Å². The monoisotopic (exact) mass is 456 g/mol. The summed E-state index contributed by atoms with van der Waals surface area (Å²) < 4.78 is 7.38. The van der Waals surface area contributed by atoms with Gasteiger partial charge < -0.3 is 30.7 Å². The van der Waals surface area contributed by atoms with Crippen LogP contribution in [0.2, 0.25) is 0 Å². The van der Waals surface area contributed by atoms with Gasteiger partial charge in [-0.2, -0.15) is 5.10 Å². The molecule has 1 fully saturated rings. The predicted molar refractivity (Wildman–Crippen MR) is 118 cm³/mol. The molecule has 33 heavy (non-hydrogen) atoms. The van der Waals surface area contributed by atoms with Crippen LogP contribution in [0, 0.1) is 5.92 Å². The van der Waals surface area contributed by atoms with Crippen LogP contribution in [0.25, 0.3) is 10.9 Å². The number of anilines is 3. The number of fused-ring (bicyclic) bond motifs is 1.